The zero-order valence-corrected chi connectivity index (χ0v) is 22.5. The highest BCUT2D eigenvalue weighted by molar-refractivity contribution is 7.92. The van der Waals surface area contributed by atoms with Crippen LogP contribution in [0.15, 0.2) is 83.8 Å². The second-order valence-electron chi connectivity index (χ2n) is 8.25. The Morgan fingerprint density at radius 3 is 2.22 bits per heavy atom. The summed E-state index contributed by atoms with van der Waals surface area (Å²) in [5.41, 5.74) is 1.09. The Kier molecular flexibility index (Phi) is 9.54. The Morgan fingerprint density at radius 1 is 1.00 bits per heavy atom. The van der Waals surface area contributed by atoms with Crippen molar-refractivity contribution >= 4 is 39.1 Å². The molecule has 3 rings (SSSR count). The van der Waals surface area contributed by atoms with Crippen molar-refractivity contribution in [2.24, 2.45) is 0 Å². The molecule has 0 saturated heterocycles. The SMILES string of the molecule is CNC(=O)C(C)N(CCc1ccccc1)C(=O)CN(c1cc(Cl)ccc1OC)S(=O)(=O)c1ccccc1. The van der Waals surface area contributed by atoms with Gasteiger partial charge in [-0.1, -0.05) is 60.1 Å². The molecule has 0 aliphatic rings. The van der Waals surface area contributed by atoms with Crippen molar-refractivity contribution < 1.29 is 22.7 Å². The van der Waals surface area contributed by atoms with Crippen LogP contribution in [0.2, 0.25) is 5.02 Å². The molecule has 0 aliphatic carbocycles. The van der Waals surface area contributed by atoms with Gasteiger partial charge in [-0.25, -0.2) is 8.42 Å². The van der Waals surface area contributed by atoms with Gasteiger partial charge in [-0.15, -0.1) is 0 Å². The summed E-state index contributed by atoms with van der Waals surface area (Å²) in [6, 6.07) is 21.0. The fourth-order valence-electron chi connectivity index (χ4n) is 3.87. The molecule has 3 aromatic carbocycles. The monoisotopic (exact) mass is 543 g/mol. The number of rotatable bonds is 11. The van der Waals surface area contributed by atoms with E-state index in [2.05, 4.69) is 5.32 Å². The van der Waals surface area contributed by atoms with Gasteiger partial charge in [-0.2, -0.15) is 0 Å². The first-order valence-corrected chi connectivity index (χ1v) is 13.5. The van der Waals surface area contributed by atoms with Crippen LogP contribution in [-0.4, -0.2) is 58.4 Å². The molecule has 1 N–H and O–H groups in total. The molecule has 1 unspecified atom stereocenters. The normalized spacial score (nSPS) is 11.9. The highest BCUT2D eigenvalue weighted by atomic mass is 35.5. The molecule has 2 amide bonds. The molecule has 0 radical (unpaired) electrons. The summed E-state index contributed by atoms with van der Waals surface area (Å²) in [6.45, 7) is 1.26. The molecule has 8 nitrogen and oxygen atoms in total. The number of halogens is 1. The lowest BCUT2D eigenvalue weighted by atomic mass is 10.1. The molecular weight excluding hydrogens is 514 g/mol. The van der Waals surface area contributed by atoms with Crippen molar-refractivity contribution in [3.63, 3.8) is 0 Å². The van der Waals surface area contributed by atoms with Crippen LogP contribution in [0.4, 0.5) is 5.69 Å². The predicted octanol–water partition coefficient (Wildman–Crippen LogP) is 3.75. The number of ether oxygens (including phenoxy) is 1. The van der Waals surface area contributed by atoms with E-state index >= 15 is 0 Å². The molecule has 0 saturated carbocycles. The van der Waals surface area contributed by atoms with Gasteiger partial charge in [0.2, 0.25) is 11.8 Å². The third-order valence-electron chi connectivity index (χ3n) is 5.92. The number of carbonyl (C=O) groups excluding carboxylic acids is 2. The number of nitrogens with zero attached hydrogens (tertiary/aromatic N) is 2. The number of benzene rings is 3. The second-order valence-corrected chi connectivity index (χ2v) is 10.6. The second kappa shape index (κ2) is 12.6. The standard InChI is InChI=1S/C27H30ClN3O5S/c1-20(27(33)29-2)30(17-16-21-10-6-4-7-11-21)26(32)19-31(24-18-22(28)14-15-25(24)36-3)37(34,35)23-12-8-5-9-13-23/h4-15,18,20H,16-17,19H2,1-3H3,(H,29,33). The summed E-state index contributed by atoms with van der Waals surface area (Å²) in [5, 5.41) is 2.84. The van der Waals surface area contributed by atoms with Gasteiger partial charge in [-0.05, 0) is 49.2 Å². The fraction of sp³-hybridized carbons (Fsp3) is 0.259. The zero-order valence-electron chi connectivity index (χ0n) is 20.9. The predicted molar refractivity (Wildman–Crippen MR) is 144 cm³/mol. The van der Waals surface area contributed by atoms with E-state index in [1.165, 1.54) is 43.3 Å². The largest absolute Gasteiger partial charge is 0.495 e. The highest BCUT2D eigenvalue weighted by Gasteiger charge is 2.33. The van der Waals surface area contributed by atoms with Crippen molar-refractivity contribution in [3.8, 4) is 5.75 Å². The smallest absolute Gasteiger partial charge is 0.264 e. The molecule has 3 aromatic rings. The molecule has 196 valence electrons. The van der Waals surface area contributed by atoms with E-state index < -0.39 is 28.5 Å². The first-order valence-electron chi connectivity index (χ1n) is 11.7. The first kappa shape index (κ1) is 28.0. The summed E-state index contributed by atoms with van der Waals surface area (Å²) in [6.07, 6.45) is 0.486. The molecule has 0 aliphatic heterocycles. The average Bonchev–Trinajstić information content (AvgIpc) is 2.92. The van der Waals surface area contributed by atoms with Crippen LogP contribution in [0.1, 0.15) is 12.5 Å². The summed E-state index contributed by atoms with van der Waals surface area (Å²) in [5.74, 6) is -0.681. The number of carbonyl (C=O) groups is 2. The van der Waals surface area contributed by atoms with Crippen LogP contribution < -0.4 is 14.4 Å². The topological polar surface area (TPSA) is 96.0 Å². The summed E-state index contributed by atoms with van der Waals surface area (Å²) in [7, 11) is -1.31. The Labute approximate surface area is 222 Å². The van der Waals surface area contributed by atoms with E-state index in [9.17, 15) is 18.0 Å². The van der Waals surface area contributed by atoms with Gasteiger partial charge in [0.05, 0.1) is 17.7 Å². The number of hydrogen-bond acceptors (Lipinski definition) is 5. The Balaban J connectivity index is 2.03. The molecule has 0 fully saturated rings. The van der Waals surface area contributed by atoms with Gasteiger partial charge in [-0.3, -0.25) is 13.9 Å². The number of nitrogens with one attached hydrogen (secondary N) is 1. The summed E-state index contributed by atoms with van der Waals surface area (Å²) in [4.78, 5) is 27.6. The van der Waals surface area contributed by atoms with E-state index in [1.54, 1.807) is 31.2 Å². The molecule has 1 atom stereocenters. The maximum Gasteiger partial charge on any atom is 0.264 e. The lowest BCUT2D eigenvalue weighted by Gasteiger charge is -2.32. The third-order valence-corrected chi connectivity index (χ3v) is 7.93. The van der Waals surface area contributed by atoms with Crippen LogP contribution in [0.25, 0.3) is 0 Å². The quantitative estimate of drug-likeness (QED) is 0.397. The van der Waals surface area contributed by atoms with E-state index in [-0.39, 0.29) is 33.8 Å². The first-order chi connectivity index (χ1) is 17.7. The van der Waals surface area contributed by atoms with E-state index in [1.807, 2.05) is 30.3 Å². The van der Waals surface area contributed by atoms with Gasteiger partial charge in [0.25, 0.3) is 10.0 Å². The average molecular weight is 544 g/mol. The van der Waals surface area contributed by atoms with E-state index in [0.717, 1.165) is 9.87 Å². The molecule has 37 heavy (non-hydrogen) atoms. The van der Waals surface area contributed by atoms with Crippen LogP contribution in [0, 0.1) is 0 Å². The minimum Gasteiger partial charge on any atom is -0.495 e. The van der Waals surface area contributed by atoms with Crippen LogP contribution >= 0.6 is 11.6 Å². The number of amides is 2. The van der Waals surface area contributed by atoms with E-state index in [4.69, 9.17) is 16.3 Å². The van der Waals surface area contributed by atoms with Crippen LogP contribution in [0.3, 0.4) is 0 Å². The fourth-order valence-corrected chi connectivity index (χ4v) is 5.47. The number of likely N-dealkylation sites (N-methyl/N-ethyl adjacent to an activating group) is 1. The Morgan fingerprint density at radius 2 is 1.62 bits per heavy atom. The summed E-state index contributed by atoms with van der Waals surface area (Å²) >= 11 is 6.22. The van der Waals surface area contributed by atoms with Gasteiger partial charge < -0.3 is 15.0 Å². The lowest BCUT2D eigenvalue weighted by molar-refractivity contribution is -0.138. The maximum absolute atomic E-state index is 13.8. The van der Waals surface area contributed by atoms with Gasteiger partial charge in [0.1, 0.15) is 18.3 Å². The maximum atomic E-state index is 13.8. The van der Waals surface area contributed by atoms with Crippen molar-refractivity contribution in [3.05, 3.63) is 89.4 Å². The number of hydrogen-bond donors (Lipinski definition) is 1. The Hall–Kier alpha value is -3.56. The van der Waals surface area contributed by atoms with Crippen molar-refractivity contribution in [1.29, 1.82) is 0 Å². The van der Waals surface area contributed by atoms with Crippen molar-refractivity contribution in [1.82, 2.24) is 10.2 Å². The van der Waals surface area contributed by atoms with Gasteiger partial charge >= 0.3 is 0 Å². The minimum atomic E-state index is -4.20. The molecule has 0 bridgehead atoms. The van der Waals surface area contributed by atoms with Gasteiger partial charge in [0.15, 0.2) is 0 Å². The molecule has 0 heterocycles. The molecule has 0 aromatic heterocycles. The summed E-state index contributed by atoms with van der Waals surface area (Å²) < 4.78 is 34.0. The number of anilines is 1. The molecule has 0 spiro atoms. The highest BCUT2D eigenvalue weighted by Crippen LogP contribution is 2.35. The van der Waals surface area contributed by atoms with Crippen molar-refractivity contribution in [2.75, 3.05) is 31.6 Å². The molecule has 10 heteroatoms. The van der Waals surface area contributed by atoms with Crippen LogP contribution in [0.5, 0.6) is 5.75 Å². The van der Waals surface area contributed by atoms with E-state index in [0.29, 0.717) is 6.42 Å². The zero-order chi connectivity index (χ0) is 27.0. The Bertz CT molecular complexity index is 1320. The van der Waals surface area contributed by atoms with Crippen LogP contribution in [-0.2, 0) is 26.0 Å². The lowest BCUT2D eigenvalue weighted by Crippen LogP contribution is -2.51. The molecular formula is C27H30ClN3O5S. The number of sulfonamides is 1. The van der Waals surface area contributed by atoms with Gasteiger partial charge in [0, 0.05) is 18.6 Å². The third kappa shape index (κ3) is 6.81. The van der Waals surface area contributed by atoms with Crippen molar-refractivity contribution in [2.45, 2.75) is 24.3 Å². The minimum absolute atomic E-state index is 0.0000128. The number of methoxy groups -OCH3 is 1.